The average Bonchev–Trinajstić information content (AvgIpc) is 2.92. The van der Waals surface area contributed by atoms with Crippen molar-refractivity contribution in [2.75, 3.05) is 5.32 Å². The Balaban J connectivity index is 1.80. The van der Waals surface area contributed by atoms with Crippen LogP contribution in [0.25, 0.3) is 0 Å². The molecule has 3 rings (SSSR count). The normalized spacial score (nSPS) is 11.3. The molecular formula is C19H19N3O3S. The number of anilines is 1. The molecular weight excluding hydrogens is 350 g/mol. The van der Waals surface area contributed by atoms with Gasteiger partial charge in [0.1, 0.15) is 5.82 Å². The lowest BCUT2D eigenvalue weighted by Gasteiger charge is -2.08. The van der Waals surface area contributed by atoms with Gasteiger partial charge in [-0.25, -0.2) is 8.42 Å². The maximum atomic E-state index is 12.5. The highest BCUT2D eigenvalue weighted by molar-refractivity contribution is 7.90. The Morgan fingerprint density at radius 3 is 2.46 bits per heavy atom. The third-order valence-electron chi connectivity index (χ3n) is 3.89. The number of carbonyl (C=O) groups is 1. The van der Waals surface area contributed by atoms with Crippen molar-refractivity contribution in [1.29, 1.82) is 0 Å². The number of hydrogen-bond donors (Lipinski definition) is 1. The summed E-state index contributed by atoms with van der Waals surface area (Å²) in [4.78, 5) is 12.7. The van der Waals surface area contributed by atoms with Crippen molar-refractivity contribution in [3.8, 4) is 0 Å². The van der Waals surface area contributed by atoms with Crippen molar-refractivity contribution >= 4 is 21.6 Å². The molecule has 3 aromatic rings. The van der Waals surface area contributed by atoms with E-state index in [4.69, 9.17) is 0 Å². The number of nitrogens with zero attached hydrogens (tertiary/aromatic N) is 2. The number of aryl methyl sites for hydroxylation is 2. The van der Waals surface area contributed by atoms with E-state index in [-0.39, 0.29) is 16.6 Å². The molecule has 26 heavy (non-hydrogen) atoms. The minimum atomic E-state index is -3.46. The van der Waals surface area contributed by atoms with Gasteiger partial charge in [-0.05, 0) is 36.8 Å². The molecule has 0 unspecified atom stereocenters. The van der Waals surface area contributed by atoms with Gasteiger partial charge in [0.15, 0.2) is 9.84 Å². The summed E-state index contributed by atoms with van der Waals surface area (Å²) >= 11 is 0. The zero-order valence-corrected chi connectivity index (χ0v) is 15.3. The van der Waals surface area contributed by atoms with Gasteiger partial charge in [0.2, 0.25) is 0 Å². The standard InChI is InChI=1S/C19H19N3O3S/c1-14-11-18(22(2)21-14)20-19(23)16-8-6-7-15(12-16)13-26(24,25)17-9-4-3-5-10-17/h3-12H,13H2,1-2H3,(H,20,23). The highest BCUT2D eigenvalue weighted by Gasteiger charge is 2.16. The summed E-state index contributed by atoms with van der Waals surface area (Å²) in [5, 5.41) is 6.96. The van der Waals surface area contributed by atoms with Gasteiger partial charge in [-0.3, -0.25) is 9.48 Å². The van der Waals surface area contributed by atoms with E-state index in [2.05, 4.69) is 10.4 Å². The molecule has 0 bridgehead atoms. The first kappa shape index (κ1) is 17.9. The molecule has 6 nitrogen and oxygen atoms in total. The van der Waals surface area contributed by atoms with E-state index < -0.39 is 9.84 Å². The molecule has 0 radical (unpaired) electrons. The van der Waals surface area contributed by atoms with Crippen molar-refractivity contribution in [3.05, 3.63) is 77.5 Å². The number of sulfone groups is 1. The molecule has 2 aromatic carbocycles. The summed E-state index contributed by atoms with van der Waals surface area (Å²) in [6, 6.07) is 16.7. The van der Waals surface area contributed by atoms with E-state index in [0.717, 1.165) is 5.69 Å². The summed E-state index contributed by atoms with van der Waals surface area (Å²) in [6.45, 7) is 1.84. The Kier molecular flexibility index (Phi) is 4.90. The van der Waals surface area contributed by atoms with Crippen molar-refractivity contribution in [3.63, 3.8) is 0 Å². The second-order valence-corrected chi connectivity index (χ2v) is 8.01. The lowest BCUT2D eigenvalue weighted by molar-refractivity contribution is 0.102. The van der Waals surface area contributed by atoms with Crippen molar-refractivity contribution < 1.29 is 13.2 Å². The van der Waals surface area contributed by atoms with Gasteiger partial charge < -0.3 is 5.32 Å². The van der Waals surface area contributed by atoms with Gasteiger partial charge in [-0.2, -0.15) is 5.10 Å². The fourth-order valence-electron chi connectivity index (χ4n) is 2.65. The Morgan fingerprint density at radius 2 is 1.81 bits per heavy atom. The second kappa shape index (κ2) is 7.13. The molecule has 134 valence electrons. The molecule has 1 N–H and O–H groups in total. The Labute approximate surface area is 152 Å². The highest BCUT2D eigenvalue weighted by atomic mass is 32.2. The number of nitrogens with one attached hydrogen (secondary N) is 1. The van der Waals surface area contributed by atoms with Crippen molar-refractivity contribution in [1.82, 2.24) is 9.78 Å². The largest absolute Gasteiger partial charge is 0.307 e. The first-order chi connectivity index (χ1) is 12.3. The zero-order valence-electron chi connectivity index (χ0n) is 14.5. The van der Waals surface area contributed by atoms with Crippen LogP contribution in [0.5, 0.6) is 0 Å². The summed E-state index contributed by atoms with van der Waals surface area (Å²) in [6.07, 6.45) is 0. The highest BCUT2D eigenvalue weighted by Crippen LogP contribution is 2.18. The number of hydrogen-bond acceptors (Lipinski definition) is 4. The van der Waals surface area contributed by atoms with Gasteiger partial charge in [0, 0.05) is 18.7 Å². The van der Waals surface area contributed by atoms with Crippen LogP contribution in [0.1, 0.15) is 21.6 Å². The summed E-state index contributed by atoms with van der Waals surface area (Å²) in [5.74, 6) is 0.102. The van der Waals surface area contributed by atoms with Crippen LogP contribution in [-0.2, 0) is 22.6 Å². The first-order valence-electron chi connectivity index (χ1n) is 8.04. The minimum absolute atomic E-state index is 0.164. The van der Waals surface area contributed by atoms with Gasteiger partial charge in [0.05, 0.1) is 16.3 Å². The van der Waals surface area contributed by atoms with Crippen LogP contribution < -0.4 is 5.32 Å². The lowest BCUT2D eigenvalue weighted by Crippen LogP contribution is -2.15. The van der Waals surface area contributed by atoms with Gasteiger partial charge >= 0.3 is 0 Å². The minimum Gasteiger partial charge on any atom is -0.307 e. The summed E-state index contributed by atoms with van der Waals surface area (Å²) < 4.78 is 26.6. The Hall–Kier alpha value is -2.93. The van der Waals surface area contributed by atoms with E-state index in [1.165, 1.54) is 0 Å². The van der Waals surface area contributed by atoms with E-state index >= 15 is 0 Å². The SMILES string of the molecule is Cc1cc(NC(=O)c2cccc(CS(=O)(=O)c3ccccc3)c2)n(C)n1. The zero-order chi connectivity index (χ0) is 18.7. The van der Waals surface area contributed by atoms with Crippen LogP contribution >= 0.6 is 0 Å². The van der Waals surface area contributed by atoms with E-state index in [1.54, 1.807) is 72.4 Å². The van der Waals surface area contributed by atoms with Gasteiger partial charge in [-0.1, -0.05) is 30.3 Å². The number of benzene rings is 2. The maximum absolute atomic E-state index is 12.5. The molecule has 0 saturated heterocycles. The molecule has 1 amide bonds. The van der Waals surface area contributed by atoms with Crippen LogP contribution in [-0.4, -0.2) is 24.1 Å². The second-order valence-electron chi connectivity index (χ2n) is 6.02. The van der Waals surface area contributed by atoms with Gasteiger partial charge in [-0.15, -0.1) is 0 Å². The molecule has 0 spiro atoms. The smallest absolute Gasteiger partial charge is 0.256 e. The fourth-order valence-corrected chi connectivity index (χ4v) is 4.01. The molecule has 0 atom stereocenters. The summed E-state index contributed by atoms with van der Waals surface area (Å²) in [5.41, 5.74) is 1.75. The predicted molar refractivity (Wildman–Crippen MR) is 99.7 cm³/mol. The lowest BCUT2D eigenvalue weighted by atomic mass is 10.1. The molecule has 0 aliphatic rings. The fraction of sp³-hybridized carbons (Fsp3) is 0.158. The molecule has 1 aromatic heterocycles. The molecule has 1 heterocycles. The number of amides is 1. The van der Waals surface area contributed by atoms with Crippen molar-refractivity contribution in [2.45, 2.75) is 17.6 Å². The number of carbonyl (C=O) groups excluding carboxylic acids is 1. The Morgan fingerprint density at radius 1 is 1.08 bits per heavy atom. The predicted octanol–water partition coefficient (Wildman–Crippen LogP) is 2.95. The molecule has 0 aliphatic heterocycles. The third kappa shape index (κ3) is 4.00. The topological polar surface area (TPSA) is 81.1 Å². The van der Waals surface area contributed by atoms with Crippen LogP contribution in [0.15, 0.2) is 65.6 Å². The van der Waals surface area contributed by atoms with E-state index in [0.29, 0.717) is 16.9 Å². The van der Waals surface area contributed by atoms with Gasteiger partial charge in [0.25, 0.3) is 5.91 Å². The van der Waals surface area contributed by atoms with Crippen LogP contribution in [0, 0.1) is 6.92 Å². The Bertz CT molecular complexity index is 1040. The molecule has 0 fully saturated rings. The van der Waals surface area contributed by atoms with Crippen LogP contribution in [0.2, 0.25) is 0 Å². The van der Waals surface area contributed by atoms with Crippen LogP contribution in [0.3, 0.4) is 0 Å². The first-order valence-corrected chi connectivity index (χ1v) is 9.69. The third-order valence-corrected chi connectivity index (χ3v) is 5.60. The molecule has 7 heteroatoms. The maximum Gasteiger partial charge on any atom is 0.256 e. The van der Waals surface area contributed by atoms with E-state index in [9.17, 15) is 13.2 Å². The summed E-state index contributed by atoms with van der Waals surface area (Å²) in [7, 11) is -1.72. The number of rotatable bonds is 5. The monoisotopic (exact) mass is 369 g/mol. The molecule has 0 aliphatic carbocycles. The van der Waals surface area contributed by atoms with Crippen LogP contribution in [0.4, 0.5) is 5.82 Å². The van der Waals surface area contributed by atoms with Crippen molar-refractivity contribution in [2.24, 2.45) is 7.05 Å². The number of aromatic nitrogens is 2. The quantitative estimate of drug-likeness (QED) is 0.750. The average molecular weight is 369 g/mol. The van der Waals surface area contributed by atoms with E-state index in [1.807, 2.05) is 6.92 Å². The molecule has 0 saturated carbocycles.